The van der Waals surface area contributed by atoms with Gasteiger partial charge < -0.3 is 50.3 Å². The van der Waals surface area contributed by atoms with Crippen molar-refractivity contribution in [2.45, 2.75) is 188 Å². The number of hydrogen-bond acceptors (Lipinski definition) is 11. The van der Waals surface area contributed by atoms with E-state index in [1.165, 1.54) is 61.6 Å². The van der Waals surface area contributed by atoms with E-state index in [0.717, 1.165) is 10.5 Å². The monoisotopic (exact) mass is 1100 g/mol. The zero-order chi connectivity index (χ0) is 59.4. The van der Waals surface area contributed by atoms with Gasteiger partial charge in [-0.1, -0.05) is 136 Å². The molecule has 0 saturated carbocycles. The first-order chi connectivity index (χ1) is 37.0. The highest BCUT2D eigenvalue weighted by Crippen LogP contribution is 2.27. The number of nitrogens with zero attached hydrogens (tertiary/aromatic N) is 5. The van der Waals surface area contributed by atoms with E-state index in [9.17, 15) is 38.7 Å². The number of likely N-dealkylation sites (N-methyl/N-ethyl adjacent to an activating group) is 4. The number of amides is 8. The van der Waals surface area contributed by atoms with Crippen LogP contribution in [0, 0.1) is 29.6 Å². The first-order valence-corrected chi connectivity index (χ1v) is 28.3. The maximum Gasteiger partial charge on any atom is 0.332 e. The van der Waals surface area contributed by atoms with Crippen LogP contribution in [0.2, 0.25) is 0 Å². The van der Waals surface area contributed by atoms with E-state index in [1.807, 2.05) is 57.2 Å². The summed E-state index contributed by atoms with van der Waals surface area (Å²) in [5.41, 5.74) is -0.551. The van der Waals surface area contributed by atoms with Crippen LogP contribution in [-0.4, -0.2) is 178 Å². The van der Waals surface area contributed by atoms with Gasteiger partial charge >= 0.3 is 5.97 Å². The molecular formula is C60H92N8O11. The molecule has 0 spiro atoms. The van der Waals surface area contributed by atoms with Crippen LogP contribution in [0.3, 0.4) is 0 Å². The summed E-state index contributed by atoms with van der Waals surface area (Å²) in [6, 6.07) is 8.11. The van der Waals surface area contributed by atoms with Crippen LogP contribution < -0.4 is 16.0 Å². The van der Waals surface area contributed by atoms with Crippen LogP contribution >= 0.6 is 0 Å². The van der Waals surface area contributed by atoms with Crippen molar-refractivity contribution >= 4 is 53.2 Å². The van der Waals surface area contributed by atoms with E-state index >= 15 is 9.59 Å². The molecule has 2 aliphatic rings. The Labute approximate surface area is 469 Å². The van der Waals surface area contributed by atoms with Crippen LogP contribution in [0.4, 0.5) is 0 Å². The van der Waals surface area contributed by atoms with Crippen molar-refractivity contribution in [1.29, 1.82) is 0 Å². The Bertz CT molecular complexity index is 2430. The molecule has 2 fully saturated rings. The second-order valence-corrected chi connectivity index (χ2v) is 23.7. The number of rotatable bonds is 13. The number of aliphatic hydroxyl groups is 1. The highest BCUT2D eigenvalue weighted by Gasteiger charge is 2.48. The number of fused-ring (bicyclic) bond motifs is 1. The van der Waals surface area contributed by atoms with Crippen molar-refractivity contribution in [2.75, 3.05) is 34.7 Å². The number of nitrogens with one attached hydrogen (secondary N) is 3. The summed E-state index contributed by atoms with van der Waals surface area (Å²) in [6.07, 6.45) is 0.101. The van der Waals surface area contributed by atoms with E-state index in [2.05, 4.69) is 16.0 Å². The molecule has 0 bridgehead atoms. The maximum absolute atomic E-state index is 15.3. The average molecular weight is 1100 g/mol. The Hall–Kier alpha value is -6.37. The fourth-order valence-electron chi connectivity index (χ4n) is 11.0. The van der Waals surface area contributed by atoms with E-state index in [1.54, 1.807) is 72.7 Å². The smallest absolute Gasteiger partial charge is 0.332 e. The van der Waals surface area contributed by atoms with Gasteiger partial charge in [-0.3, -0.25) is 38.4 Å². The number of carbonyl (C=O) groups excluding carboxylic acids is 9. The molecule has 0 aliphatic carbocycles. The van der Waals surface area contributed by atoms with Crippen LogP contribution in [0.25, 0.3) is 0 Å². The van der Waals surface area contributed by atoms with Gasteiger partial charge in [0.1, 0.15) is 42.3 Å². The van der Waals surface area contributed by atoms with Gasteiger partial charge in [0.15, 0.2) is 12.1 Å². The third kappa shape index (κ3) is 16.4. The largest absolute Gasteiger partial charge is 0.450 e. The van der Waals surface area contributed by atoms with Gasteiger partial charge in [0.25, 0.3) is 5.91 Å². The second kappa shape index (κ2) is 28.7. The van der Waals surface area contributed by atoms with E-state index in [0.29, 0.717) is 24.8 Å². The summed E-state index contributed by atoms with van der Waals surface area (Å²) in [5.74, 6) is -8.65. The molecule has 0 aromatic heterocycles. The molecule has 2 aliphatic heterocycles. The predicted octanol–water partition coefficient (Wildman–Crippen LogP) is 4.37. The normalized spacial score (nSPS) is 26.5. The summed E-state index contributed by atoms with van der Waals surface area (Å²) in [6.45, 7) is 20.6. The molecule has 4 rings (SSSR count). The molecule has 438 valence electrons. The lowest BCUT2D eigenvalue weighted by atomic mass is 9.96. The van der Waals surface area contributed by atoms with Gasteiger partial charge in [0, 0.05) is 53.5 Å². The maximum atomic E-state index is 15.3. The van der Waals surface area contributed by atoms with Gasteiger partial charge in [-0.15, -0.1) is 0 Å². The zero-order valence-corrected chi connectivity index (χ0v) is 49.8. The number of esters is 1. The molecule has 79 heavy (non-hydrogen) atoms. The molecule has 19 heteroatoms. The Morgan fingerprint density at radius 3 is 1.54 bits per heavy atom. The third-order valence-corrected chi connectivity index (χ3v) is 15.8. The van der Waals surface area contributed by atoms with Crippen LogP contribution in [0.1, 0.15) is 126 Å². The van der Waals surface area contributed by atoms with Crippen molar-refractivity contribution in [3.63, 3.8) is 0 Å². The highest BCUT2D eigenvalue weighted by atomic mass is 16.6. The Morgan fingerprint density at radius 2 is 1.06 bits per heavy atom. The molecule has 8 amide bonds. The number of benzene rings is 2. The fourth-order valence-corrected chi connectivity index (χ4v) is 11.0. The minimum atomic E-state index is -1.97. The lowest BCUT2D eigenvalue weighted by Crippen LogP contribution is -2.63. The van der Waals surface area contributed by atoms with Crippen molar-refractivity contribution in [2.24, 2.45) is 29.6 Å². The summed E-state index contributed by atoms with van der Waals surface area (Å²) in [5, 5.41) is 20.5. The van der Waals surface area contributed by atoms with Crippen LogP contribution in [-0.2, 0) is 60.7 Å². The number of ether oxygens (including phenoxy) is 1. The predicted molar refractivity (Wildman–Crippen MR) is 301 cm³/mol. The molecule has 2 aromatic carbocycles. The average Bonchev–Trinajstić information content (AvgIpc) is 3.93. The van der Waals surface area contributed by atoms with Gasteiger partial charge in [-0.2, -0.15) is 0 Å². The fraction of sp³-hybridized carbons (Fsp3) is 0.650. The number of hydrogen-bond donors (Lipinski definition) is 4. The van der Waals surface area contributed by atoms with Gasteiger partial charge in [0.2, 0.25) is 41.4 Å². The Balaban J connectivity index is 1.98. The van der Waals surface area contributed by atoms with E-state index in [-0.39, 0.29) is 38.1 Å². The topological polar surface area (TPSA) is 235 Å². The number of carbonyl (C=O) groups is 9. The molecule has 2 saturated heterocycles. The summed E-state index contributed by atoms with van der Waals surface area (Å²) >= 11 is 0. The molecular weight excluding hydrogens is 1010 g/mol. The van der Waals surface area contributed by atoms with Crippen molar-refractivity contribution < 1.29 is 53.0 Å². The first kappa shape index (κ1) is 65.2. The molecule has 19 nitrogen and oxygen atoms in total. The minimum Gasteiger partial charge on any atom is -0.450 e. The lowest BCUT2D eigenvalue weighted by Gasteiger charge is -2.39. The molecule has 2 heterocycles. The standard InChI is InChI=1S/C60H92N8O11/c1-17-38(9)46-57(75)65(14)47(36(5)6)52(70)61-42(32-35(3)4)55(73)67(16)50(60(11,12)78)59(77)79-49(39(10)18-2)58(76)66(15)48(37(7)8)53(71)62-43(33-40-26-21-19-22-27-40)54(72)64(13)45(34-41-28-23-20-24-29-41)56(74)68-31-25-30-44(68)51(69)63-46/h19-24,26-29,35-39,42-50,78H,17-18,25,30-34H2,1-16H3,(H,61,70)(H,62,71)(H,63,69)/t38-,39+,42-,43-,44-,45-,46-,47-,48-,49+,50+/m0/s1/i52+1,53+1,59+1. The highest BCUT2D eigenvalue weighted by molar-refractivity contribution is 5.99. The molecule has 0 radical (unpaired) electrons. The van der Waals surface area contributed by atoms with Crippen LogP contribution in [0.15, 0.2) is 60.7 Å². The number of cyclic esters (lactones) is 1. The molecule has 11 atom stereocenters. The lowest BCUT2D eigenvalue weighted by molar-refractivity contribution is -0.177. The zero-order valence-electron chi connectivity index (χ0n) is 49.8. The SMILES string of the molecule is CC[C@@H](C)[C@H]1O[13C](=O)[C@H](C(C)(C)O)N(C)C(=O)[C@H](CC(C)C)N[13C](=O)[C@H](C(C)C)N(C)C(=O)[C@H]([C@@H](C)CC)NC(=O)[C@@H]2CCCN2C(=O)[C@H](Cc2ccccc2)N(C)C(=O)[C@H](Cc2ccccc2)N[13C](=O)[C@H](C(C)C)N(C)C1=O. The van der Waals surface area contributed by atoms with Crippen molar-refractivity contribution in [1.82, 2.24) is 40.4 Å². The second-order valence-electron chi connectivity index (χ2n) is 23.7. The minimum absolute atomic E-state index is 0.00676. The third-order valence-electron chi connectivity index (χ3n) is 15.8. The van der Waals surface area contributed by atoms with E-state index in [4.69, 9.17) is 4.74 Å². The molecule has 2 aromatic rings. The van der Waals surface area contributed by atoms with E-state index < -0.39 is 137 Å². The summed E-state index contributed by atoms with van der Waals surface area (Å²) < 4.78 is 6.09. The van der Waals surface area contributed by atoms with Gasteiger partial charge in [-0.05, 0) is 74.3 Å². The van der Waals surface area contributed by atoms with Gasteiger partial charge in [-0.25, -0.2) is 4.79 Å². The molecule has 0 unspecified atom stereocenters. The van der Waals surface area contributed by atoms with Gasteiger partial charge in [0.05, 0.1) is 5.60 Å². The van der Waals surface area contributed by atoms with Crippen LogP contribution in [0.5, 0.6) is 0 Å². The molecule has 4 N–H and O–H groups in total. The Morgan fingerprint density at radius 1 is 0.582 bits per heavy atom. The quantitative estimate of drug-likeness (QED) is 0.162. The Kier molecular flexibility index (Phi) is 23.6. The first-order valence-electron chi connectivity index (χ1n) is 28.3. The summed E-state index contributed by atoms with van der Waals surface area (Å²) in [4.78, 5) is 140. The van der Waals surface area contributed by atoms with Crippen molar-refractivity contribution in [3.05, 3.63) is 71.8 Å². The van der Waals surface area contributed by atoms with Crippen molar-refractivity contribution in [3.8, 4) is 0 Å². The summed E-state index contributed by atoms with van der Waals surface area (Å²) in [7, 11) is 5.67.